The number of nitrogens with one attached hydrogen (secondary N) is 2. The van der Waals surface area contributed by atoms with Gasteiger partial charge in [0.15, 0.2) is 0 Å². The van der Waals surface area contributed by atoms with E-state index in [1.165, 1.54) is 31.5 Å². The van der Waals surface area contributed by atoms with Crippen LogP contribution in [0.5, 0.6) is 0 Å². The summed E-state index contributed by atoms with van der Waals surface area (Å²) in [7, 11) is 0. The van der Waals surface area contributed by atoms with E-state index in [1.807, 2.05) is 12.4 Å². The lowest BCUT2D eigenvalue weighted by Gasteiger charge is -2.36. The van der Waals surface area contributed by atoms with Gasteiger partial charge in [0, 0.05) is 29.9 Å². The smallest absolute Gasteiger partial charge is 0.0534 e. The minimum Gasteiger partial charge on any atom is -0.307 e. The summed E-state index contributed by atoms with van der Waals surface area (Å²) in [5, 5.41) is 10.6. The highest BCUT2D eigenvalue weighted by Gasteiger charge is 2.22. The normalized spacial score (nSPS) is 20.9. The van der Waals surface area contributed by atoms with E-state index in [0.29, 0.717) is 18.1 Å². The molecule has 0 aromatic carbocycles. The average molecular weight is 236 g/mol. The molecule has 2 rings (SSSR count). The van der Waals surface area contributed by atoms with Gasteiger partial charge < -0.3 is 10.2 Å². The molecule has 1 unspecified atom stereocenters. The molecule has 4 nitrogen and oxygen atoms in total. The van der Waals surface area contributed by atoms with Crippen LogP contribution in [0.1, 0.15) is 45.2 Å². The minimum atomic E-state index is 0.393. The molecule has 1 atom stereocenters. The third-order valence-corrected chi connectivity index (χ3v) is 3.76. The first-order chi connectivity index (χ1) is 8.16. The quantitative estimate of drug-likeness (QED) is 0.839. The minimum absolute atomic E-state index is 0.393. The molecular weight excluding hydrogens is 212 g/mol. The van der Waals surface area contributed by atoms with Gasteiger partial charge in [0.05, 0.1) is 6.20 Å². The number of likely N-dealkylation sites (tertiary alicyclic amines) is 1. The summed E-state index contributed by atoms with van der Waals surface area (Å²) in [6.45, 7) is 9.20. The predicted molar refractivity (Wildman–Crippen MR) is 69.9 cm³/mol. The number of aromatic amines is 1. The molecule has 1 aliphatic heterocycles. The fourth-order valence-electron chi connectivity index (χ4n) is 2.53. The zero-order valence-electron chi connectivity index (χ0n) is 11.1. The second-order valence-corrected chi connectivity index (χ2v) is 5.32. The first-order valence-electron chi connectivity index (χ1n) is 6.65. The molecule has 0 radical (unpaired) electrons. The lowest BCUT2D eigenvalue weighted by Crippen LogP contribution is -2.45. The molecule has 0 spiro atoms. The Hall–Kier alpha value is -0.870. The van der Waals surface area contributed by atoms with Crippen LogP contribution >= 0.6 is 0 Å². The van der Waals surface area contributed by atoms with Crippen molar-refractivity contribution < 1.29 is 0 Å². The van der Waals surface area contributed by atoms with Crippen molar-refractivity contribution in [2.24, 2.45) is 0 Å². The fourth-order valence-corrected chi connectivity index (χ4v) is 2.53. The van der Waals surface area contributed by atoms with Crippen LogP contribution in [0.4, 0.5) is 0 Å². The van der Waals surface area contributed by atoms with E-state index in [4.69, 9.17) is 0 Å². The molecule has 1 saturated heterocycles. The summed E-state index contributed by atoms with van der Waals surface area (Å²) in [5.74, 6) is 0. The van der Waals surface area contributed by atoms with Crippen molar-refractivity contribution in [1.29, 1.82) is 0 Å². The average Bonchev–Trinajstić information content (AvgIpc) is 2.83. The van der Waals surface area contributed by atoms with Crippen molar-refractivity contribution in [3.05, 3.63) is 18.0 Å². The summed E-state index contributed by atoms with van der Waals surface area (Å²) in [4.78, 5) is 2.56. The number of hydrogen-bond donors (Lipinski definition) is 2. The van der Waals surface area contributed by atoms with Crippen molar-refractivity contribution in [3.8, 4) is 0 Å². The summed E-state index contributed by atoms with van der Waals surface area (Å²) in [6, 6.07) is 1.72. The standard InChI is InChI=1S/C13H24N4/c1-10(2)17-6-4-13(5-7-17)16-11(3)12-8-14-15-9-12/h8-11,13,16H,4-7H2,1-3H3,(H,14,15). The van der Waals surface area contributed by atoms with Gasteiger partial charge in [0.1, 0.15) is 0 Å². The molecule has 1 aromatic rings. The van der Waals surface area contributed by atoms with Gasteiger partial charge in [-0.2, -0.15) is 5.10 Å². The van der Waals surface area contributed by atoms with E-state index in [-0.39, 0.29) is 0 Å². The maximum atomic E-state index is 4.00. The summed E-state index contributed by atoms with van der Waals surface area (Å²) < 4.78 is 0. The largest absolute Gasteiger partial charge is 0.307 e. The zero-order chi connectivity index (χ0) is 12.3. The van der Waals surface area contributed by atoms with Crippen molar-refractivity contribution >= 4 is 0 Å². The highest BCUT2D eigenvalue weighted by molar-refractivity contribution is 5.08. The number of nitrogens with zero attached hydrogens (tertiary/aromatic N) is 2. The van der Waals surface area contributed by atoms with Crippen LogP contribution in [0.15, 0.2) is 12.4 Å². The Morgan fingerprint density at radius 1 is 1.35 bits per heavy atom. The topological polar surface area (TPSA) is 44.0 Å². The first-order valence-corrected chi connectivity index (χ1v) is 6.65. The molecular formula is C13H24N4. The summed E-state index contributed by atoms with van der Waals surface area (Å²) >= 11 is 0. The van der Waals surface area contributed by atoms with E-state index >= 15 is 0 Å². The van der Waals surface area contributed by atoms with Crippen molar-refractivity contribution in [3.63, 3.8) is 0 Å². The van der Waals surface area contributed by atoms with Crippen LogP contribution in [0.3, 0.4) is 0 Å². The van der Waals surface area contributed by atoms with Gasteiger partial charge >= 0.3 is 0 Å². The summed E-state index contributed by atoms with van der Waals surface area (Å²) in [6.07, 6.45) is 6.38. The molecule has 0 bridgehead atoms. The van der Waals surface area contributed by atoms with Crippen molar-refractivity contribution in [2.45, 2.75) is 51.7 Å². The van der Waals surface area contributed by atoms with E-state index in [1.54, 1.807) is 0 Å². The molecule has 4 heteroatoms. The number of aromatic nitrogens is 2. The molecule has 2 heterocycles. The van der Waals surface area contributed by atoms with Crippen LogP contribution in [0.25, 0.3) is 0 Å². The number of piperidine rings is 1. The van der Waals surface area contributed by atoms with Gasteiger partial charge in [-0.05, 0) is 46.7 Å². The van der Waals surface area contributed by atoms with Gasteiger partial charge in [-0.1, -0.05) is 0 Å². The number of rotatable bonds is 4. The molecule has 2 N–H and O–H groups in total. The van der Waals surface area contributed by atoms with Crippen LogP contribution in [0.2, 0.25) is 0 Å². The summed E-state index contributed by atoms with van der Waals surface area (Å²) in [5.41, 5.74) is 1.25. The van der Waals surface area contributed by atoms with Crippen LogP contribution < -0.4 is 5.32 Å². The number of H-pyrrole nitrogens is 1. The molecule has 0 aliphatic carbocycles. The maximum Gasteiger partial charge on any atom is 0.0534 e. The Bertz CT molecular complexity index is 312. The van der Waals surface area contributed by atoms with Crippen LogP contribution in [-0.2, 0) is 0 Å². The predicted octanol–water partition coefficient (Wildman–Crippen LogP) is 1.93. The SMILES string of the molecule is CC(NC1CCN(C(C)C)CC1)c1cn[nH]c1. The molecule has 96 valence electrons. The van der Waals surface area contributed by atoms with E-state index in [9.17, 15) is 0 Å². The van der Waals surface area contributed by atoms with Gasteiger partial charge in [-0.25, -0.2) is 0 Å². The lowest BCUT2D eigenvalue weighted by molar-refractivity contribution is 0.157. The second-order valence-electron chi connectivity index (χ2n) is 5.32. The van der Waals surface area contributed by atoms with Crippen molar-refractivity contribution in [1.82, 2.24) is 20.4 Å². The number of hydrogen-bond acceptors (Lipinski definition) is 3. The van der Waals surface area contributed by atoms with Gasteiger partial charge in [-0.3, -0.25) is 5.10 Å². The second kappa shape index (κ2) is 5.65. The Morgan fingerprint density at radius 2 is 2.06 bits per heavy atom. The molecule has 0 saturated carbocycles. The Balaban J connectivity index is 1.78. The first kappa shape index (κ1) is 12.6. The van der Waals surface area contributed by atoms with Crippen LogP contribution in [0, 0.1) is 0 Å². The molecule has 1 fully saturated rings. The molecule has 1 aromatic heterocycles. The molecule has 0 amide bonds. The highest BCUT2D eigenvalue weighted by atomic mass is 15.2. The Kier molecular flexibility index (Phi) is 4.18. The van der Waals surface area contributed by atoms with Crippen molar-refractivity contribution in [2.75, 3.05) is 13.1 Å². The van der Waals surface area contributed by atoms with Gasteiger partial charge in [0.25, 0.3) is 0 Å². The maximum absolute atomic E-state index is 4.00. The monoisotopic (exact) mass is 236 g/mol. The zero-order valence-corrected chi connectivity index (χ0v) is 11.1. The van der Waals surface area contributed by atoms with E-state index in [2.05, 4.69) is 41.2 Å². The molecule has 17 heavy (non-hydrogen) atoms. The van der Waals surface area contributed by atoms with Gasteiger partial charge in [0.2, 0.25) is 0 Å². The Labute approximate surface area is 104 Å². The third kappa shape index (κ3) is 3.30. The van der Waals surface area contributed by atoms with Crippen LogP contribution in [-0.4, -0.2) is 40.3 Å². The van der Waals surface area contributed by atoms with E-state index < -0.39 is 0 Å². The lowest BCUT2D eigenvalue weighted by atomic mass is 10.0. The third-order valence-electron chi connectivity index (χ3n) is 3.76. The Morgan fingerprint density at radius 3 is 2.59 bits per heavy atom. The fraction of sp³-hybridized carbons (Fsp3) is 0.769. The molecule has 1 aliphatic rings. The van der Waals surface area contributed by atoms with Gasteiger partial charge in [-0.15, -0.1) is 0 Å². The van der Waals surface area contributed by atoms with E-state index in [0.717, 1.165) is 0 Å². The highest BCUT2D eigenvalue weighted by Crippen LogP contribution is 2.17.